The molecule has 0 radical (unpaired) electrons. The third-order valence-electron chi connectivity index (χ3n) is 3.77. The molecule has 0 aliphatic heterocycles. The summed E-state index contributed by atoms with van der Waals surface area (Å²) in [5.41, 5.74) is 0.152. The number of benzene rings is 1. The van der Waals surface area contributed by atoms with Crippen LogP contribution in [0.4, 0.5) is 0 Å². The molecule has 0 saturated carbocycles. The highest BCUT2D eigenvalue weighted by Crippen LogP contribution is 2.26. The molecule has 0 aliphatic rings. The van der Waals surface area contributed by atoms with Gasteiger partial charge in [-0.25, -0.2) is 4.79 Å². The van der Waals surface area contributed by atoms with Crippen molar-refractivity contribution in [2.75, 3.05) is 34.3 Å². The number of esters is 1. The van der Waals surface area contributed by atoms with Crippen molar-refractivity contribution in [1.82, 2.24) is 10.2 Å². The average Bonchev–Trinajstić information content (AvgIpc) is 2.48. The lowest BCUT2D eigenvalue weighted by Crippen LogP contribution is -2.50. The summed E-state index contributed by atoms with van der Waals surface area (Å²) < 4.78 is 5.05. The van der Waals surface area contributed by atoms with Gasteiger partial charge in [-0.15, -0.1) is 0 Å². The molecule has 4 heteroatoms. The van der Waals surface area contributed by atoms with E-state index in [2.05, 4.69) is 31.1 Å². The van der Waals surface area contributed by atoms with E-state index in [1.165, 1.54) is 7.11 Å². The monoisotopic (exact) mass is 292 g/mol. The maximum Gasteiger partial charge on any atom is 0.330 e. The molecule has 0 fully saturated rings. The van der Waals surface area contributed by atoms with Crippen LogP contribution in [0.15, 0.2) is 30.3 Å². The minimum Gasteiger partial charge on any atom is -0.467 e. The van der Waals surface area contributed by atoms with E-state index in [-0.39, 0.29) is 5.97 Å². The van der Waals surface area contributed by atoms with Gasteiger partial charge in [0.2, 0.25) is 0 Å². The van der Waals surface area contributed by atoms with Crippen LogP contribution in [-0.2, 0) is 15.1 Å². The van der Waals surface area contributed by atoms with Crippen LogP contribution in [-0.4, -0.2) is 45.2 Å². The largest absolute Gasteiger partial charge is 0.467 e. The minimum absolute atomic E-state index is 0.242. The lowest BCUT2D eigenvalue weighted by Gasteiger charge is -2.33. The number of rotatable bonds is 8. The van der Waals surface area contributed by atoms with E-state index >= 15 is 0 Å². The molecule has 0 amide bonds. The molecule has 0 aromatic heterocycles. The van der Waals surface area contributed by atoms with E-state index in [0.717, 1.165) is 18.7 Å². The second-order valence-electron chi connectivity index (χ2n) is 5.92. The third-order valence-corrected chi connectivity index (χ3v) is 3.77. The number of carbonyl (C=O) groups excluding carboxylic acids is 1. The van der Waals surface area contributed by atoms with Gasteiger partial charge in [-0.05, 0) is 32.0 Å². The second kappa shape index (κ2) is 8.15. The minimum atomic E-state index is -0.790. The Hall–Kier alpha value is -1.39. The standard InChI is InChI=1S/C17H28N2O2/c1-14(2)13-19(4)12-11-17(18-3,16(20)21-5)15-9-7-6-8-10-15/h6-10,14,18H,11-13H2,1-5H3. The van der Waals surface area contributed by atoms with E-state index < -0.39 is 5.54 Å². The van der Waals surface area contributed by atoms with E-state index in [4.69, 9.17) is 4.74 Å². The van der Waals surface area contributed by atoms with E-state index in [9.17, 15) is 4.79 Å². The summed E-state index contributed by atoms with van der Waals surface area (Å²) in [6, 6.07) is 9.78. The van der Waals surface area contributed by atoms with Gasteiger partial charge >= 0.3 is 5.97 Å². The Morgan fingerprint density at radius 1 is 1.33 bits per heavy atom. The van der Waals surface area contributed by atoms with Crippen molar-refractivity contribution in [3.8, 4) is 0 Å². The normalized spacial score (nSPS) is 14.2. The van der Waals surface area contributed by atoms with Crippen LogP contribution in [0.5, 0.6) is 0 Å². The molecule has 0 spiro atoms. The second-order valence-corrected chi connectivity index (χ2v) is 5.92. The highest BCUT2D eigenvalue weighted by molar-refractivity contribution is 5.82. The van der Waals surface area contributed by atoms with Crippen molar-refractivity contribution >= 4 is 5.97 Å². The zero-order valence-electron chi connectivity index (χ0n) is 13.8. The fourth-order valence-electron chi connectivity index (χ4n) is 2.71. The van der Waals surface area contributed by atoms with Crippen molar-refractivity contribution in [3.05, 3.63) is 35.9 Å². The maximum absolute atomic E-state index is 12.4. The predicted octanol–water partition coefficient (Wildman–Crippen LogP) is 2.25. The van der Waals surface area contributed by atoms with Gasteiger partial charge in [-0.2, -0.15) is 0 Å². The molecule has 1 aromatic rings. The Labute approximate surface area is 128 Å². The highest BCUT2D eigenvalue weighted by atomic mass is 16.5. The van der Waals surface area contributed by atoms with Gasteiger partial charge < -0.3 is 15.0 Å². The lowest BCUT2D eigenvalue weighted by molar-refractivity contribution is -0.149. The topological polar surface area (TPSA) is 41.6 Å². The van der Waals surface area contributed by atoms with E-state index in [1.54, 1.807) is 0 Å². The molecular weight excluding hydrogens is 264 g/mol. The average molecular weight is 292 g/mol. The van der Waals surface area contributed by atoms with Crippen LogP contribution in [0.3, 0.4) is 0 Å². The van der Waals surface area contributed by atoms with Crippen molar-refractivity contribution < 1.29 is 9.53 Å². The van der Waals surface area contributed by atoms with Crippen molar-refractivity contribution in [2.24, 2.45) is 5.92 Å². The number of hydrogen-bond acceptors (Lipinski definition) is 4. The summed E-state index contributed by atoms with van der Waals surface area (Å²) in [6.45, 7) is 6.22. The fraction of sp³-hybridized carbons (Fsp3) is 0.588. The van der Waals surface area contributed by atoms with E-state index in [0.29, 0.717) is 12.3 Å². The fourth-order valence-corrected chi connectivity index (χ4v) is 2.71. The molecule has 0 bridgehead atoms. The van der Waals surface area contributed by atoms with Gasteiger partial charge in [0.15, 0.2) is 0 Å². The van der Waals surface area contributed by atoms with E-state index in [1.807, 2.05) is 37.4 Å². The Bertz CT molecular complexity index is 434. The Morgan fingerprint density at radius 3 is 2.43 bits per heavy atom. The first-order valence-corrected chi connectivity index (χ1v) is 7.47. The number of methoxy groups -OCH3 is 1. The van der Waals surface area contributed by atoms with Gasteiger partial charge in [0.1, 0.15) is 5.54 Å². The molecule has 0 heterocycles. The molecule has 0 saturated heterocycles. The molecule has 4 nitrogen and oxygen atoms in total. The van der Waals surface area contributed by atoms with Crippen LogP contribution in [0, 0.1) is 5.92 Å². The number of nitrogens with zero attached hydrogens (tertiary/aromatic N) is 1. The third kappa shape index (κ3) is 4.55. The van der Waals surface area contributed by atoms with Gasteiger partial charge in [0.05, 0.1) is 7.11 Å². The molecule has 1 N–H and O–H groups in total. The predicted molar refractivity (Wildman–Crippen MR) is 86.1 cm³/mol. The zero-order chi connectivity index (χ0) is 15.9. The number of nitrogens with one attached hydrogen (secondary N) is 1. The first-order chi connectivity index (χ1) is 9.96. The van der Waals surface area contributed by atoms with Gasteiger partial charge in [-0.3, -0.25) is 0 Å². The molecule has 0 aliphatic carbocycles. The highest BCUT2D eigenvalue weighted by Gasteiger charge is 2.39. The Balaban J connectivity index is 2.95. The smallest absolute Gasteiger partial charge is 0.330 e. The molecule has 1 unspecified atom stereocenters. The molecule has 118 valence electrons. The number of ether oxygens (including phenoxy) is 1. The van der Waals surface area contributed by atoms with Crippen LogP contribution in [0.25, 0.3) is 0 Å². The first kappa shape index (κ1) is 17.7. The van der Waals surface area contributed by atoms with Crippen molar-refractivity contribution in [1.29, 1.82) is 0 Å². The van der Waals surface area contributed by atoms with Crippen LogP contribution >= 0.6 is 0 Å². The molecule has 1 rings (SSSR count). The summed E-state index contributed by atoms with van der Waals surface area (Å²) in [4.78, 5) is 14.6. The number of carbonyl (C=O) groups is 1. The van der Waals surface area contributed by atoms with Gasteiger partial charge in [0, 0.05) is 13.1 Å². The van der Waals surface area contributed by atoms with Crippen LogP contribution in [0.1, 0.15) is 25.8 Å². The maximum atomic E-state index is 12.4. The molecule has 1 aromatic carbocycles. The quantitative estimate of drug-likeness (QED) is 0.746. The Morgan fingerprint density at radius 2 is 1.95 bits per heavy atom. The van der Waals surface area contributed by atoms with Crippen LogP contribution in [0.2, 0.25) is 0 Å². The lowest BCUT2D eigenvalue weighted by atomic mass is 9.86. The van der Waals surface area contributed by atoms with Gasteiger partial charge in [0.25, 0.3) is 0 Å². The van der Waals surface area contributed by atoms with Crippen LogP contribution < -0.4 is 5.32 Å². The summed E-state index contributed by atoms with van der Waals surface area (Å²) in [5, 5.41) is 3.19. The first-order valence-electron chi connectivity index (χ1n) is 7.47. The summed E-state index contributed by atoms with van der Waals surface area (Å²) in [6.07, 6.45) is 0.670. The van der Waals surface area contributed by atoms with Crippen molar-refractivity contribution in [3.63, 3.8) is 0 Å². The molecule has 1 atom stereocenters. The number of likely N-dealkylation sites (N-methyl/N-ethyl adjacent to an activating group) is 1. The Kier molecular flexibility index (Phi) is 6.85. The molecular formula is C17H28N2O2. The summed E-state index contributed by atoms with van der Waals surface area (Å²) >= 11 is 0. The summed E-state index contributed by atoms with van der Waals surface area (Å²) in [5.74, 6) is 0.364. The van der Waals surface area contributed by atoms with Crippen molar-refractivity contribution in [2.45, 2.75) is 25.8 Å². The zero-order valence-corrected chi connectivity index (χ0v) is 13.8. The van der Waals surface area contributed by atoms with Gasteiger partial charge in [-0.1, -0.05) is 44.2 Å². The number of hydrogen-bond donors (Lipinski definition) is 1. The molecule has 21 heavy (non-hydrogen) atoms. The summed E-state index contributed by atoms with van der Waals surface area (Å²) in [7, 11) is 5.34. The SMILES string of the molecule is CNC(CCN(C)CC(C)C)(C(=O)OC)c1ccccc1.